The third-order valence-corrected chi connectivity index (χ3v) is 5.04. The first-order chi connectivity index (χ1) is 10.1. The van der Waals surface area contributed by atoms with Gasteiger partial charge in [0.1, 0.15) is 0 Å². The molecule has 2 rings (SSSR count). The van der Waals surface area contributed by atoms with Crippen molar-refractivity contribution < 1.29 is 4.74 Å². The van der Waals surface area contributed by atoms with Crippen molar-refractivity contribution in [1.82, 2.24) is 10.2 Å². The van der Waals surface area contributed by atoms with Crippen LogP contribution in [0.15, 0.2) is 30.3 Å². The van der Waals surface area contributed by atoms with Gasteiger partial charge in [-0.15, -0.1) is 0 Å². The van der Waals surface area contributed by atoms with Gasteiger partial charge in [-0.3, -0.25) is 4.90 Å². The number of ether oxygens (including phenoxy) is 1. The SMILES string of the molecule is CCC1(C)CNC(c2ccccc2)CN1C(C)CCOC. The van der Waals surface area contributed by atoms with Crippen molar-refractivity contribution in [2.75, 3.05) is 26.8 Å². The summed E-state index contributed by atoms with van der Waals surface area (Å²) in [5, 5.41) is 3.74. The molecule has 118 valence electrons. The molecule has 0 radical (unpaired) electrons. The first-order valence-electron chi connectivity index (χ1n) is 8.14. The summed E-state index contributed by atoms with van der Waals surface area (Å²) in [6.45, 7) is 9.95. The lowest BCUT2D eigenvalue weighted by molar-refractivity contribution is 0.00511. The van der Waals surface area contributed by atoms with Gasteiger partial charge in [0.25, 0.3) is 0 Å². The van der Waals surface area contributed by atoms with E-state index in [-0.39, 0.29) is 5.54 Å². The van der Waals surface area contributed by atoms with Gasteiger partial charge in [-0.05, 0) is 32.3 Å². The Morgan fingerprint density at radius 2 is 2.10 bits per heavy atom. The Kier molecular flexibility index (Phi) is 5.80. The standard InChI is InChI=1S/C18H30N2O/c1-5-18(3)14-19-17(16-9-7-6-8-10-16)13-20(18)15(2)11-12-21-4/h6-10,15,17,19H,5,11-14H2,1-4H3. The number of nitrogens with one attached hydrogen (secondary N) is 1. The first kappa shape index (κ1) is 16.5. The summed E-state index contributed by atoms with van der Waals surface area (Å²) >= 11 is 0. The number of rotatable bonds is 6. The van der Waals surface area contributed by atoms with E-state index in [9.17, 15) is 0 Å². The summed E-state index contributed by atoms with van der Waals surface area (Å²) in [6, 6.07) is 11.8. The predicted molar refractivity (Wildman–Crippen MR) is 88.5 cm³/mol. The summed E-state index contributed by atoms with van der Waals surface area (Å²) in [4.78, 5) is 2.68. The van der Waals surface area contributed by atoms with Gasteiger partial charge in [-0.1, -0.05) is 37.3 Å². The maximum Gasteiger partial charge on any atom is 0.0477 e. The Bertz CT molecular complexity index is 422. The van der Waals surface area contributed by atoms with Crippen molar-refractivity contribution >= 4 is 0 Å². The lowest BCUT2D eigenvalue weighted by Crippen LogP contribution is -2.62. The van der Waals surface area contributed by atoms with E-state index in [0.29, 0.717) is 12.1 Å². The summed E-state index contributed by atoms with van der Waals surface area (Å²) < 4.78 is 5.27. The molecule has 3 heteroatoms. The number of hydrogen-bond donors (Lipinski definition) is 1. The molecule has 1 heterocycles. The van der Waals surface area contributed by atoms with E-state index in [0.717, 1.165) is 26.1 Å². The van der Waals surface area contributed by atoms with Gasteiger partial charge in [-0.25, -0.2) is 0 Å². The normalized spacial score (nSPS) is 28.5. The zero-order valence-electron chi connectivity index (χ0n) is 13.9. The molecule has 1 aromatic carbocycles. The quantitative estimate of drug-likeness (QED) is 0.870. The molecule has 3 unspecified atom stereocenters. The van der Waals surface area contributed by atoms with Gasteiger partial charge in [0.2, 0.25) is 0 Å². The maximum absolute atomic E-state index is 5.27. The predicted octanol–water partition coefficient (Wildman–Crippen LogP) is 3.23. The lowest BCUT2D eigenvalue weighted by Gasteiger charge is -2.51. The second kappa shape index (κ2) is 7.39. The van der Waals surface area contributed by atoms with Crippen molar-refractivity contribution in [3.63, 3.8) is 0 Å². The Morgan fingerprint density at radius 1 is 1.38 bits per heavy atom. The highest BCUT2D eigenvalue weighted by Crippen LogP contribution is 2.31. The molecule has 3 nitrogen and oxygen atoms in total. The summed E-state index contributed by atoms with van der Waals surface area (Å²) in [6.07, 6.45) is 2.26. The van der Waals surface area contributed by atoms with Gasteiger partial charge in [0.05, 0.1) is 0 Å². The summed E-state index contributed by atoms with van der Waals surface area (Å²) in [7, 11) is 1.79. The zero-order chi connectivity index (χ0) is 15.3. The van der Waals surface area contributed by atoms with Gasteiger partial charge >= 0.3 is 0 Å². The van der Waals surface area contributed by atoms with Crippen LogP contribution in [0.1, 0.15) is 45.2 Å². The van der Waals surface area contributed by atoms with Crippen LogP contribution in [0.2, 0.25) is 0 Å². The molecule has 0 aliphatic carbocycles. The Hall–Kier alpha value is -0.900. The van der Waals surface area contributed by atoms with Gasteiger partial charge < -0.3 is 10.1 Å². The maximum atomic E-state index is 5.27. The molecule has 1 fully saturated rings. The number of methoxy groups -OCH3 is 1. The average molecular weight is 290 g/mol. The van der Waals surface area contributed by atoms with Gasteiger partial charge in [0, 0.05) is 44.4 Å². The van der Waals surface area contributed by atoms with Crippen LogP contribution in [0.25, 0.3) is 0 Å². The molecule has 1 aliphatic heterocycles. The van der Waals surface area contributed by atoms with Crippen molar-refractivity contribution in [3.05, 3.63) is 35.9 Å². The minimum Gasteiger partial charge on any atom is -0.385 e. The van der Waals surface area contributed by atoms with E-state index in [1.54, 1.807) is 7.11 Å². The highest BCUT2D eigenvalue weighted by Gasteiger charge is 2.38. The smallest absolute Gasteiger partial charge is 0.0477 e. The van der Waals surface area contributed by atoms with E-state index >= 15 is 0 Å². The minimum absolute atomic E-state index is 0.235. The van der Waals surface area contributed by atoms with Crippen LogP contribution < -0.4 is 5.32 Å². The van der Waals surface area contributed by atoms with Gasteiger partial charge in [0.15, 0.2) is 0 Å². The van der Waals surface area contributed by atoms with E-state index in [4.69, 9.17) is 4.74 Å². The van der Waals surface area contributed by atoms with Crippen LogP contribution in [-0.4, -0.2) is 43.3 Å². The van der Waals surface area contributed by atoms with Crippen molar-refractivity contribution in [1.29, 1.82) is 0 Å². The van der Waals surface area contributed by atoms with Crippen LogP contribution in [0, 0.1) is 0 Å². The van der Waals surface area contributed by atoms with Crippen molar-refractivity contribution in [2.24, 2.45) is 0 Å². The van der Waals surface area contributed by atoms with Crippen molar-refractivity contribution in [2.45, 2.75) is 51.2 Å². The van der Waals surface area contributed by atoms with Crippen LogP contribution >= 0.6 is 0 Å². The molecule has 21 heavy (non-hydrogen) atoms. The molecular weight excluding hydrogens is 260 g/mol. The molecule has 1 N–H and O–H groups in total. The molecule has 1 aliphatic rings. The largest absolute Gasteiger partial charge is 0.385 e. The Balaban J connectivity index is 2.12. The fraction of sp³-hybridized carbons (Fsp3) is 0.667. The monoisotopic (exact) mass is 290 g/mol. The first-order valence-corrected chi connectivity index (χ1v) is 8.14. The van der Waals surface area contributed by atoms with E-state index in [1.165, 1.54) is 12.0 Å². The fourth-order valence-electron chi connectivity index (χ4n) is 3.32. The van der Waals surface area contributed by atoms with Crippen LogP contribution in [0.4, 0.5) is 0 Å². The third-order valence-electron chi connectivity index (χ3n) is 5.04. The molecular formula is C18H30N2O. The molecule has 0 aromatic heterocycles. The highest BCUT2D eigenvalue weighted by molar-refractivity contribution is 5.20. The number of benzene rings is 1. The minimum atomic E-state index is 0.235. The topological polar surface area (TPSA) is 24.5 Å². The van der Waals surface area contributed by atoms with Crippen molar-refractivity contribution in [3.8, 4) is 0 Å². The van der Waals surface area contributed by atoms with E-state index in [2.05, 4.69) is 61.3 Å². The van der Waals surface area contributed by atoms with E-state index in [1.807, 2.05) is 0 Å². The molecule has 0 amide bonds. The second-order valence-corrected chi connectivity index (χ2v) is 6.48. The average Bonchev–Trinajstić information content (AvgIpc) is 2.53. The lowest BCUT2D eigenvalue weighted by atomic mass is 9.88. The number of nitrogens with zero attached hydrogens (tertiary/aromatic N) is 1. The second-order valence-electron chi connectivity index (χ2n) is 6.48. The summed E-state index contributed by atoms with van der Waals surface area (Å²) in [5.41, 5.74) is 1.62. The third kappa shape index (κ3) is 3.85. The number of piperazine rings is 1. The Morgan fingerprint density at radius 3 is 2.71 bits per heavy atom. The fourth-order valence-corrected chi connectivity index (χ4v) is 3.32. The van der Waals surface area contributed by atoms with E-state index < -0.39 is 0 Å². The molecule has 0 spiro atoms. The van der Waals surface area contributed by atoms with Crippen LogP contribution in [0.5, 0.6) is 0 Å². The zero-order valence-corrected chi connectivity index (χ0v) is 13.9. The molecule has 0 saturated carbocycles. The molecule has 3 atom stereocenters. The number of hydrogen-bond acceptors (Lipinski definition) is 3. The molecule has 1 saturated heterocycles. The summed E-state index contributed by atoms with van der Waals surface area (Å²) in [5.74, 6) is 0. The van der Waals surface area contributed by atoms with Crippen LogP contribution in [-0.2, 0) is 4.74 Å². The Labute approximate surface area is 129 Å². The molecule has 0 bridgehead atoms. The molecule has 1 aromatic rings. The highest BCUT2D eigenvalue weighted by atomic mass is 16.5. The van der Waals surface area contributed by atoms with Crippen LogP contribution in [0.3, 0.4) is 0 Å². The van der Waals surface area contributed by atoms with Gasteiger partial charge in [-0.2, -0.15) is 0 Å².